The molecule has 0 spiro atoms. The summed E-state index contributed by atoms with van der Waals surface area (Å²) in [6.45, 7) is 0. The first-order valence-electron chi connectivity index (χ1n) is 12.7. The number of fused-ring (bicyclic) bond motifs is 2. The molecule has 0 bridgehead atoms. The van der Waals surface area contributed by atoms with E-state index in [1.54, 1.807) is 0 Å². The fourth-order valence-electron chi connectivity index (χ4n) is 5.59. The summed E-state index contributed by atoms with van der Waals surface area (Å²) in [7, 11) is 0. The number of phenols is 7. The molecule has 0 saturated heterocycles. The molecule has 212 valence electrons. The Morgan fingerprint density at radius 3 is 1.83 bits per heavy atom. The fourth-order valence-corrected chi connectivity index (χ4v) is 5.59. The van der Waals surface area contributed by atoms with E-state index in [1.165, 1.54) is 60.7 Å². The minimum Gasteiger partial charge on any atom is -0.508 e. The largest absolute Gasteiger partial charge is 0.508 e. The first-order valence-corrected chi connectivity index (χ1v) is 12.7. The van der Waals surface area contributed by atoms with Gasteiger partial charge in [0.2, 0.25) is 0 Å². The Morgan fingerprint density at radius 2 is 1.20 bits per heavy atom. The molecule has 0 amide bonds. The number of aliphatic hydroxyl groups is 2. The van der Waals surface area contributed by atoms with Crippen LogP contribution in [0.4, 0.5) is 0 Å². The van der Waals surface area contributed by atoms with Crippen molar-refractivity contribution in [2.75, 3.05) is 0 Å². The third kappa shape index (κ3) is 4.31. The van der Waals surface area contributed by atoms with E-state index in [9.17, 15) is 46.0 Å². The maximum atomic E-state index is 11.6. The van der Waals surface area contributed by atoms with E-state index in [2.05, 4.69) is 0 Å². The zero-order valence-electron chi connectivity index (χ0n) is 21.2. The SMILES string of the molecule is Oc1ccc2c(c1)O[C@H](c1ccc(O)c(O)c1)[C@@H](O)[C@@H]2c1c(O)cc2c(c1O)C[C@H](O)[C@@H](c1ccc(O)c(O)c1)O2. The number of rotatable bonds is 3. The zero-order chi connectivity index (χ0) is 29.2. The average Bonchev–Trinajstić information content (AvgIpc) is 2.93. The summed E-state index contributed by atoms with van der Waals surface area (Å²) in [5.74, 6) is -3.44. The molecule has 9 N–H and O–H groups in total. The van der Waals surface area contributed by atoms with Gasteiger partial charge in [0.05, 0.1) is 6.10 Å². The Hall–Kier alpha value is -5.00. The molecule has 41 heavy (non-hydrogen) atoms. The van der Waals surface area contributed by atoms with Gasteiger partial charge in [-0.25, -0.2) is 0 Å². The number of ether oxygens (including phenoxy) is 2. The van der Waals surface area contributed by atoms with Gasteiger partial charge < -0.3 is 55.4 Å². The maximum absolute atomic E-state index is 11.6. The number of benzene rings is 4. The second-order valence-corrected chi connectivity index (χ2v) is 10.2. The highest BCUT2D eigenvalue weighted by molar-refractivity contribution is 5.63. The van der Waals surface area contributed by atoms with Crippen molar-refractivity contribution in [3.63, 3.8) is 0 Å². The Kier molecular flexibility index (Phi) is 6.13. The van der Waals surface area contributed by atoms with Crippen molar-refractivity contribution in [1.82, 2.24) is 0 Å². The highest BCUT2D eigenvalue weighted by atomic mass is 16.5. The van der Waals surface area contributed by atoms with E-state index in [0.29, 0.717) is 11.1 Å². The van der Waals surface area contributed by atoms with Gasteiger partial charge in [0, 0.05) is 41.2 Å². The van der Waals surface area contributed by atoms with Crippen LogP contribution >= 0.6 is 0 Å². The first-order chi connectivity index (χ1) is 19.5. The van der Waals surface area contributed by atoms with Gasteiger partial charge in [0.25, 0.3) is 0 Å². The molecule has 11 heteroatoms. The van der Waals surface area contributed by atoms with Gasteiger partial charge in [-0.3, -0.25) is 0 Å². The smallest absolute Gasteiger partial charge is 0.157 e. The molecule has 4 aromatic carbocycles. The summed E-state index contributed by atoms with van der Waals surface area (Å²) < 4.78 is 11.9. The molecule has 0 unspecified atom stereocenters. The molecule has 0 fully saturated rings. The predicted molar refractivity (Wildman–Crippen MR) is 142 cm³/mol. The van der Waals surface area contributed by atoms with Crippen LogP contribution in [0.5, 0.6) is 51.7 Å². The topological polar surface area (TPSA) is 201 Å². The third-order valence-corrected chi connectivity index (χ3v) is 7.60. The molecule has 5 atom stereocenters. The summed E-state index contributed by atoms with van der Waals surface area (Å²) in [5, 5.41) is 94.6. The van der Waals surface area contributed by atoms with Crippen molar-refractivity contribution in [3.05, 3.63) is 88.5 Å². The summed E-state index contributed by atoms with van der Waals surface area (Å²) in [5.41, 5.74) is 1.07. The lowest BCUT2D eigenvalue weighted by atomic mass is 9.78. The van der Waals surface area contributed by atoms with Crippen LogP contribution in [0.2, 0.25) is 0 Å². The summed E-state index contributed by atoms with van der Waals surface area (Å²) >= 11 is 0. The number of aromatic hydroxyl groups is 7. The van der Waals surface area contributed by atoms with Crippen LogP contribution in [0.25, 0.3) is 0 Å². The quantitative estimate of drug-likeness (QED) is 0.166. The van der Waals surface area contributed by atoms with Gasteiger partial charge in [-0.15, -0.1) is 0 Å². The van der Waals surface area contributed by atoms with Crippen molar-refractivity contribution < 1.29 is 55.4 Å². The number of phenolic OH excluding ortho intramolecular Hbond substituents is 7. The molecule has 11 nitrogen and oxygen atoms in total. The lowest BCUT2D eigenvalue weighted by Gasteiger charge is -2.39. The number of aliphatic hydroxyl groups excluding tert-OH is 2. The van der Waals surface area contributed by atoms with Gasteiger partial charge in [-0.2, -0.15) is 0 Å². The second-order valence-electron chi connectivity index (χ2n) is 10.2. The minimum atomic E-state index is -1.44. The Bertz CT molecular complexity index is 1670. The lowest BCUT2D eigenvalue weighted by Crippen LogP contribution is -2.35. The standard InChI is InChI=1S/C30H26O11/c31-14-3-4-15-23(9-14)41-30(13-2-6-18(33)20(35)8-13)28(39)25(15)26-21(36)11-24-16(27(26)38)10-22(37)29(40-24)12-1-5-17(32)19(34)7-12/h1-9,11,22,25,28-39H,10H2/t22-,25-,28-,29+,30+/m0/s1. The van der Waals surface area contributed by atoms with Gasteiger partial charge in [0.15, 0.2) is 29.1 Å². The minimum absolute atomic E-state index is 0.0686. The number of hydrogen-bond acceptors (Lipinski definition) is 11. The molecule has 0 radical (unpaired) electrons. The maximum Gasteiger partial charge on any atom is 0.157 e. The molecular formula is C30H26O11. The summed E-state index contributed by atoms with van der Waals surface area (Å²) in [4.78, 5) is 0. The predicted octanol–water partition coefficient (Wildman–Crippen LogP) is 3.29. The van der Waals surface area contributed by atoms with E-state index in [4.69, 9.17) is 9.47 Å². The van der Waals surface area contributed by atoms with Crippen molar-refractivity contribution in [2.45, 2.75) is 36.8 Å². The second kappa shape index (κ2) is 9.58. The first kappa shape index (κ1) is 26.2. The van der Waals surface area contributed by atoms with Gasteiger partial charge in [0.1, 0.15) is 41.0 Å². The third-order valence-electron chi connectivity index (χ3n) is 7.60. The molecule has 0 aromatic heterocycles. The van der Waals surface area contributed by atoms with Crippen LogP contribution in [0.1, 0.15) is 45.9 Å². The van der Waals surface area contributed by atoms with E-state index in [0.717, 1.165) is 0 Å². The Morgan fingerprint density at radius 1 is 0.585 bits per heavy atom. The zero-order valence-corrected chi connectivity index (χ0v) is 21.2. The lowest BCUT2D eigenvalue weighted by molar-refractivity contribution is 0.00659. The fraction of sp³-hybridized carbons (Fsp3) is 0.200. The van der Waals surface area contributed by atoms with Crippen LogP contribution in [0, 0.1) is 0 Å². The van der Waals surface area contributed by atoms with Crippen LogP contribution < -0.4 is 9.47 Å². The van der Waals surface area contributed by atoms with Crippen molar-refractivity contribution in [2.24, 2.45) is 0 Å². The molecule has 6 rings (SSSR count). The van der Waals surface area contributed by atoms with Gasteiger partial charge in [-0.1, -0.05) is 18.2 Å². The molecule has 0 aliphatic carbocycles. The molecule has 2 aliphatic rings. The van der Waals surface area contributed by atoms with Crippen LogP contribution in [0.15, 0.2) is 60.7 Å². The molecular weight excluding hydrogens is 536 g/mol. The molecule has 2 aliphatic heterocycles. The normalized spacial score (nSPS) is 23.1. The van der Waals surface area contributed by atoms with E-state index >= 15 is 0 Å². The van der Waals surface area contributed by atoms with E-state index < -0.39 is 53.3 Å². The van der Waals surface area contributed by atoms with Crippen LogP contribution in [-0.4, -0.2) is 58.2 Å². The monoisotopic (exact) mass is 562 g/mol. The molecule has 4 aromatic rings. The van der Waals surface area contributed by atoms with E-state index in [-0.39, 0.29) is 51.9 Å². The van der Waals surface area contributed by atoms with Crippen LogP contribution in [-0.2, 0) is 6.42 Å². The molecule has 2 heterocycles. The van der Waals surface area contributed by atoms with Crippen molar-refractivity contribution in [1.29, 1.82) is 0 Å². The number of hydrogen-bond donors (Lipinski definition) is 9. The Labute approximate surface area is 232 Å². The highest BCUT2D eigenvalue weighted by Gasteiger charge is 2.44. The summed E-state index contributed by atoms with van der Waals surface area (Å²) in [6.07, 6.45) is -4.87. The summed E-state index contributed by atoms with van der Waals surface area (Å²) in [6, 6.07) is 13.3. The van der Waals surface area contributed by atoms with Crippen molar-refractivity contribution >= 4 is 0 Å². The average molecular weight is 563 g/mol. The van der Waals surface area contributed by atoms with Gasteiger partial charge >= 0.3 is 0 Å². The van der Waals surface area contributed by atoms with Crippen molar-refractivity contribution in [3.8, 4) is 51.7 Å². The molecule has 0 saturated carbocycles. The van der Waals surface area contributed by atoms with E-state index in [1.807, 2.05) is 0 Å². The highest BCUT2D eigenvalue weighted by Crippen LogP contribution is 2.54. The van der Waals surface area contributed by atoms with Crippen LogP contribution in [0.3, 0.4) is 0 Å². The van der Waals surface area contributed by atoms with Gasteiger partial charge in [-0.05, 0) is 41.5 Å². The Balaban J connectivity index is 1.45.